The van der Waals surface area contributed by atoms with Crippen molar-refractivity contribution < 1.29 is 17.9 Å². The van der Waals surface area contributed by atoms with Crippen LogP contribution in [0.1, 0.15) is 6.42 Å². The third-order valence-corrected chi connectivity index (χ3v) is 5.54. The van der Waals surface area contributed by atoms with Gasteiger partial charge in [0.15, 0.2) is 0 Å². The summed E-state index contributed by atoms with van der Waals surface area (Å²) in [5, 5.41) is 2.66. The Morgan fingerprint density at radius 2 is 1.95 bits per heavy atom. The zero-order valence-corrected chi connectivity index (χ0v) is 14.7. The van der Waals surface area contributed by atoms with Crippen molar-refractivity contribution in [1.82, 2.24) is 9.62 Å². The number of nitrogens with one attached hydrogen (secondary N) is 1. The van der Waals surface area contributed by atoms with Crippen LogP contribution in [0.5, 0.6) is 0 Å². The van der Waals surface area contributed by atoms with E-state index in [4.69, 9.17) is 4.74 Å². The third-order valence-electron chi connectivity index (χ3n) is 2.98. The SMILES string of the molecule is COCCCNC(=O)CN(C)S(=O)(=O)c1ccc(SC)cc1. The van der Waals surface area contributed by atoms with E-state index in [1.165, 1.54) is 18.8 Å². The van der Waals surface area contributed by atoms with Gasteiger partial charge in [0, 0.05) is 32.2 Å². The molecular formula is C14H22N2O4S2. The lowest BCUT2D eigenvalue weighted by Crippen LogP contribution is -2.38. The molecule has 0 aromatic heterocycles. The average molecular weight is 346 g/mol. The lowest BCUT2D eigenvalue weighted by atomic mass is 10.4. The summed E-state index contributed by atoms with van der Waals surface area (Å²) in [4.78, 5) is 12.9. The molecule has 1 rings (SSSR count). The highest BCUT2D eigenvalue weighted by Gasteiger charge is 2.22. The summed E-state index contributed by atoms with van der Waals surface area (Å²) >= 11 is 1.54. The molecular weight excluding hydrogens is 324 g/mol. The van der Waals surface area contributed by atoms with Crippen LogP contribution in [0.25, 0.3) is 0 Å². The highest BCUT2D eigenvalue weighted by Crippen LogP contribution is 2.19. The monoisotopic (exact) mass is 346 g/mol. The number of thioether (sulfide) groups is 1. The van der Waals surface area contributed by atoms with Gasteiger partial charge in [-0.15, -0.1) is 11.8 Å². The maximum absolute atomic E-state index is 12.4. The Labute approximate surface area is 136 Å². The first-order chi connectivity index (χ1) is 10.4. The van der Waals surface area contributed by atoms with Crippen LogP contribution in [0.4, 0.5) is 0 Å². The number of carbonyl (C=O) groups excluding carboxylic acids is 1. The predicted molar refractivity (Wildman–Crippen MR) is 87.5 cm³/mol. The number of methoxy groups -OCH3 is 1. The van der Waals surface area contributed by atoms with Crippen LogP contribution < -0.4 is 5.32 Å². The topological polar surface area (TPSA) is 75.7 Å². The molecule has 0 bridgehead atoms. The predicted octanol–water partition coefficient (Wildman–Crippen LogP) is 1.18. The van der Waals surface area contributed by atoms with Gasteiger partial charge >= 0.3 is 0 Å². The standard InChI is InChI=1S/C14H22N2O4S2/c1-16(11-14(17)15-9-4-10-20-2)22(18,19)13-7-5-12(21-3)6-8-13/h5-8H,4,9-11H2,1-3H3,(H,15,17). The van der Waals surface area contributed by atoms with Gasteiger partial charge in [-0.2, -0.15) is 4.31 Å². The summed E-state index contributed by atoms with van der Waals surface area (Å²) < 4.78 is 30.7. The molecule has 22 heavy (non-hydrogen) atoms. The lowest BCUT2D eigenvalue weighted by molar-refractivity contribution is -0.121. The Morgan fingerprint density at radius 1 is 1.32 bits per heavy atom. The molecule has 0 heterocycles. The van der Waals surface area contributed by atoms with Gasteiger partial charge in [0.2, 0.25) is 15.9 Å². The van der Waals surface area contributed by atoms with Crippen molar-refractivity contribution in [3.8, 4) is 0 Å². The lowest BCUT2D eigenvalue weighted by Gasteiger charge is -2.17. The van der Waals surface area contributed by atoms with Crippen LogP contribution in [0.3, 0.4) is 0 Å². The number of carbonyl (C=O) groups is 1. The molecule has 0 saturated carbocycles. The van der Waals surface area contributed by atoms with Gasteiger partial charge in [-0.3, -0.25) is 4.79 Å². The van der Waals surface area contributed by atoms with Crippen molar-refractivity contribution in [2.75, 3.05) is 40.1 Å². The van der Waals surface area contributed by atoms with Crippen LogP contribution in [0.2, 0.25) is 0 Å². The quantitative estimate of drug-likeness (QED) is 0.537. The van der Waals surface area contributed by atoms with Gasteiger partial charge in [0.1, 0.15) is 0 Å². The molecule has 1 aromatic rings. The molecule has 0 saturated heterocycles. The molecule has 0 spiro atoms. The number of sulfonamides is 1. The Kier molecular flexibility index (Phi) is 7.88. The van der Waals surface area contributed by atoms with E-state index in [2.05, 4.69) is 5.32 Å². The second-order valence-corrected chi connectivity index (χ2v) is 7.56. The zero-order chi connectivity index (χ0) is 16.6. The van der Waals surface area contributed by atoms with Crippen LogP contribution in [-0.4, -0.2) is 58.7 Å². The van der Waals surface area contributed by atoms with Crippen molar-refractivity contribution >= 4 is 27.7 Å². The fraction of sp³-hybridized carbons (Fsp3) is 0.500. The minimum absolute atomic E-state index is 0.181. The fourth-order valence-corrected chi connectivity index (χ4v) is 3.25. The number of nitrogens with zero attached hydrogens (tertiary/aromatic N) is 1. The molecule has 0 aliphatic carbocycles. The molecule has 0 aliphatic rings. The Hall–Kier alpha value is -1.09. The van der Waals surface area contributed by atoms with Crippen LogP contribution in [-0.2, 0) is 19.6 Å². The Balaban J connectivity index is 2.61. The first-order valence-electron chi connectivity index (χ1n) is 6.78. The molecule has 124 valence electrons. The van der Waals surface area contributed by atoms with E-state index in [9.17, 15) is 13.2 Å². The number of ether oxygens (including phenoxy) is 1. The maximum atomic E-state index is 12.4. The summed E-state index contributed by atoms with van der Waals surface area (Å²) in [6, 6.07) is 6.59. The molecule has 6 nitrogen and oxygen atoms in total. The number of likely N-dealkylation sites (N-methyl/N-ethyl adjacent to an activating group) is 1. The average Bonchev–Trinajstić information content (AvgIpc) is 2.51. The first kappa shape index (κ1) is 19.0. The van der Waals surface area contributed by atoms with Crippen LogP contribution >= 0.6 is 11.8 Å². The van der Waals surface area contributed by atoms with E-state index < -0.39 is 10.0 Å². The van der Waals surface area contributed by atoms with Crippen molar-refractivity contribution in [1.29, 1.82) is 0 Å². The van der Waals surface area contributed by atoms with E-state index in [1.807, 2.05) is 6.26 Å². The van der Waals surface area contributed by atoms with Gasteiger partial charge in [-0.1, -0.05) is 0 Å². The minimum Gasteiger partial charge on any atom is -0.385 e. The van der Waals surface area contributed by atoms with Crippen molar-refractivity contribution in [2.24, 2.45) is 0 Å². The van der Waals surface area contributed by atoms with Crippen LogP contribution in [0.15, 0.2) is 34.1 Å². The number of hydrogen-bond donors (Lipinski definition) is 1. The number of rotatable bonds is 9. The van der Waals surface area contributed by atoms with E-state index in [1.54, 1.807) is 31.4 Å². The zero-order valence-electron chi connectivity index (χ0n) is 13.0. The highest BCUT2D eigenvalue weighted by atomic mass is 32.2. The second-order valence-electron chi connectivity index (χ2n) is 4.63. The van der Waals surface area contributed by atoms with E-state index in [0.717, 1.165) is 9.20 Å². The molecule has 1 amide bonds. The number of amides is 1. The molecule has 0 fully saturated rings. The molecule has 0 radical (unpaired) electrons. The first-order valence-corrected chi connectivity index (χ1v) is 9.44. The largest absolute Gasteiger partial charge is 0.385 e. The van der Waals surface area contributed by atoms with E-state index >= 15 is 0 Å². The van der Waals surface area contributed by atoms with Crippen molar-refractivity contribution in [3.63, 3.8) is 0 Å². The molecule has 0 unspecified atom stereocenters. The van der Waals surface area contributed by atoms with Crippen LogP contribution in [0, 0.1) is 0 Å². The fourth-order valence-electron chi connectivity index (χ4n) is 1.72. The normalized spacial score (nSPS) is 11.6. The summed E-state index contributed by atoms with van der Waals surface area (Å²) in [7, 11) is -0.673. The molecule has 1 aromatic carbocycles. The molecule has 0 atom stereocenters. The summed E-state index contributed by atoms with van der Waals surface area (Å²) in [5.74, 6) is -0.331. The maximum Gasteiger partial charge on any atom is 0.243 e. The summed E-state index contributed by atoms with van der Waals surface area (Å²) in [5.41, 5.74) is 0. The van der Waals surface area contributed by atoms with Gasteiger partial charge in [0.05, 0.1) is 11.4 Å². The number of hydrogen-bond acceptors (Lipinski definition) is 5. The van der Waals surface area contributed by atoms with Gasteiger partial charge in [-0.25, -0.2) is 8.42 Å². The highest BCUT2D eigenvalue weighted by molar-refractivity contribution is 7.98. The van der Waals surface area contributed by atoms with Gasteiger partial charge in [-0.05, 0) is 36.9 Å². The van der Waals surface area contributed by atoms with Gasteiger partial charge in [0.25, 0.3) is 0 Å². The second kappa shape index (κ2) is 9.14. The number of benzene rings is 1. The van der Waals surface area contributed by atoms with Gasteiger partial charge < -0.3 is 10.1 Å². The smallest absolute Gasteiger partial charge is 0.243 e. The van der Waals surface area contributed by atoms with Crippen molar-refractivity contribution in [3.05, 3.63) is 24.3 Å². The minimum atomic E-state index is -3.66. The third kappa shape index (κ3) is 5.60. The Morgan fingerprint density at radius 3 is 2.50 bits per heavy atom. The summed E-state index contributed by atoms with van der Waals surface area (Å²) in [6.07, 6.45) is 2.61. The molecule has 8 heteroatoms. The Bertz CT molecular complexity index is 573. The summed E-state index contributed by atoms with van der Waals surface area (Å²) in [6.45, 7) is 0.804. The van der Waals surface area contributed by atoms with Crippen molar-refractivity contribution in [2.45, 2.75) is 16.2 Å². The molecule has 1 N–H and O–H groups in total. The van der Waals surface area contributed by atoms with E-state index in [-0.39, 0.29) is 17.3 Å². The molecule has 0 aliphatic heterocycles. The van der Waals surface area contributed by atoms with E-state index in [0.29, 0.717) is 19.6 Å².